The van der Waals surface area contributed by atoms with E-state index in [4.69, 9.17) is 14.4 Å². The van der Waals surface area contributed by atoms with Crippen molar-refractivity contribution in [1.29, 1.82) is 0 Å². The monoisotopic (exact) mass is 733 g/mol. The van der Waals surface area contributed by atoms with Gasteiger partial charge in [-0.1, -0.05) is 146 Å². The molecule has 5 heteroatoms. The minimum atomic E-state index is 0.680. The van der Waals surface area contributed by atoms with Crippen molar-refractivity contribution >= 4 is 53.4 Å². The number of fused-ring (bicyclic) bond motifs is 6. The Morgan fingerprint density at radius 1 is 0.429 bits per heavy atom. The van der Waals surface area contributed by atoms with Gasteiger partial charge in [0, 0.05) is 76.7 Å². The number of benzene rings is 7. The molecule has 0 aliphatic rings. The van der Waals surface area contributed by atoms with Crippen LogP contribution in [0.2, 0.25) is 0 Å². The molecule has 0 N–H and O–H groups in total. The van der Waals surface area contributed by atoms with Crippen molar-refractivity contribution in [1.82, 2.24) is 15.0 Å². The van der Waals surface area contributed by atoms with Crippen molar-refractivity contribution in [3.8, 4) is 67.3 Å². The van der Waals surface area contributed by atoms with E-state index >= 15 is 0 Å². The van der Waals surface area contributed by atoms with Crippen LogP contribution in [0.5, 0.6) is 0 Å². The molecule has 4 aromatic heterocycles. The average molecular weight is 734 g/mol. The molecule has 56 heavy (non-hydrogen) atoms. The van der Waals surface area contributed by atoms with Gasteiger partial charge in [0.25, 0.3) is 0 Å². The highest BCUT2D eigenvalue weighted by Gasteiger charge is 2.20. The zero-order valence-electron chi connectivity index (χ0n) is 30.1. The fourth-order valence-electron chi connectivity index (χ4n) is 7.99. The number of pyridine rings is 1. The van der Waals surface area contributed by atoms with Crippen LogP contribution in [0.3, 0.4) is 0 Å². The van der Waals surface area contributed by atoms with E-state index in [1.165, 1.54) is 25.7 Å². The Morgan fingerprint density at radius 2 is 1.11 bits per heavy atom. The molecule has 0 saturated heterocycles. The van der Waals surface area contributed by atoms with Crippen molar-refractivity contribution < 1.29 is 4.42 Å². The van der Waals surface area contributed by atoms with E-state index in [0.717, 1.165) is 77.8 Å². The number of para-hydroxylation sites is 1. The number of thiophene rings is 1. The highest BCUT2D eigenvalue weighted by atomic mass is 32.1. The summed E-state index contributed by atoms with van der Waals surface area (Å²) in [5.41, 5.74) is 13.1. The average Bonchev–Trinajstić information content (AvgIpc) is 3.86. The Morgan fingerprint density at radius 3 is 1.96 bits per heavy atom. The smallest absolute Gasteiger partial charge is 0.160 e. The summed E-state index contributed by atoms with van der Waals surface area (Å²) >= 11 is 1.84. The van der Waals surface area contributed by atoms with Gasteiger partial charge in [-0.25, -0.2) is 9.97 Å². The molecule has 0 unspecified atom stereocenters. The fraction of sp³-hybridized carbons (Fsp3) is 0. The molecule has 7 aromatic carbocycles. The second-order valence-electron chi connectivity index (χ2n) is 13.9. The first-order chi connectivity index (χ1) is 27.8. The number of hydrogen-bond donors (Lipinski definition) is 0. The Balaban J connectivity index is 1.05. The van der Waals surface area contributed by atoms with Gasteiger partial charge in [0.05, 0.1) is 11.4 Å². The van der Waals surface area contributed by atoms with Crippen LogP contribution in [-0.2, 0) is 0 Å². The van der Waals surface area contributed by atoms with Gasteiger partial charge < -0.3 is 4.42 Å². The molecule has 0 saturated carbocycles. The van der Waals surface area contributed by atoms with Crippen molar-refractivity contribution in [3.05, 3.63) is 188 Å². The third-order valence-electron chi connectivity index (χ3n) is 10.6. The van der Waals surface area contributed by atoms with Crippen LogP contribution in [0.25, 0.3) is 109 Å². The number of aromatic nitrogens is 3. The van der Waals surface area contributed by atoms with Gasteiger partial charge in [0.15, 0.2) is 5.82 Å². The first-order valence-electron chi connectivity index (χ1n) is 18.7. The van der Waals surface area contributed by atoms with E-state index < -0.39 is 0 Å². The minimum absolute atomic E-state index is 0.680. The zero-order chi connectivity index (χ0) is 37.0. The molecule has 0 amide bonds. The molecule has 0 atom stereocenters. The normalized spacial score (nSPS) is 11.6. The summed E-state index contributed by atoms with van der Waals surface area (Å²) in [4.78, 5) is 14.7. The summed E-state index contributed by atoms with van der Waals surface area (Å²) < 4.78 is 9.31. The Hall–Kier alpha value is -7.21. The summed E-state index contributed by atoms with van der Waals surface area (Å²) in [6.45, 7) is 0. The summed E-state index contributed by atoms with van der Waals surface area (Å²) in [5, 5.41) is 4.78. The lowest BCUT2D eigenvalue weighted by Crippen LogP contribution is -1.97. The molecule has 0 aliphatic carbocycles. The van der Waals surface area contributed by atoms with E-state index in [0.29, 0.717) is 5.82 Å². The maximum absolute atomic E-state index is 6.75. The SMILES string of the molecule is c1ccc(-c2nc(-c3ccc(-c4ccc(-c5cccc6c5sc5ccccc56)c5oc6ccccc6c45)cc3)cc(-c3ccccc3-c3cccnc3)n2)cc1. The first-order valence-corrected chi connectivity index (χ1v) is 19.5. The molecule has 11 aromatic rings. The topological polar surface area (TPSA) is 51.8 Å². The Labute approximate surface area is 327 Å². The molecular weight excluding hydrogens is 703 g/mol. The van der Waals surface area contributed by atoms with E-state index in [2.05, 4.69) is 151 Å². The highest BCUT2D eigenvalue weighted by Crippen LogP contribution is 2.46. The van der Waals surface area contributed by atoms with Gasteiger partial charge in [-0.3, -0.25) is 4.98 Å². The van der Waals surface area contributed by atoms with Crippen LogP contribution in [-0.4, -0.2) is 15.0 Å². The zero-order valence-corrected chi connectivity index (χ0v) is 30.9. The Bertz CT molecular complexity index is 3240. The van der Waals surface area contributed by atoms with Crippen molar-refractivity contribution in [2.45, 2.75) is 0 Å². The Kier molecular flexibility index (Phi) is 7.64. The predicted molar refractivity (Wildman–Crippen MR) is 233 cm³/mol. The second kappa shape index (κ2) is 13.3. The van der Waals surface area contributed by atoms with Crippen LogP contribution in [0.1, 0.15) is 0 Å². The number of rotatable bonds is 6. The van der Waals surface area contributed by atoms with Crippen LogP contribution in [0.15, 0.2) is 193 Å². The number of furan rings is 1. The molecule has 4 nitrogen and oxygen atoms in total. The third-order valence-corrected chi connectivity index (χ3v) is 11.9. The maximum atomic E-state index is 6.75. The number of nitrogens with zero attached hydrogens (tertiary/aromatic N) is 3. The van der Waals surface area contributed by atoms with E-state index in [-0.39, 0.29) is 0 Å². The predicted octanol–water partition coefficient (Wildman–Crippen LogP) is 14.1. The van der Waals surface area contributed by atoms with E-state index in [1.807, 2.05) is 47.9 Å². The van der Waals surface area contributed by atoms with Gasteiger partial charge >= 0.3 is 0 Å². The summed E-state index contributed by atoms with van der Waals surface area (Å²) in [7, 11) is 0. The lowest BCUT2D eigenvalue weighted by molar-refractivity contribution is 0.670. The van der Waals surface area contributed by atoms with Gasteiger partial charge in [-0.15, -0.1) is 11.3 Å². The van der Waals surface area contributed by atoms with E-state index in [1.54, 1.807) is 6.20 Å². The standard InChI is InChI=1S/C51H31N3OS/c1-2-12-34(13-3-1)51-53-44(30-45(54-51)38-16-5-4-15-36(38)35-14-11-29-52-31-35)33-25-23-32(24-26-33)37-27-28-40(49-48(37)43-18-6-8-21-46(43)55-49)42-20-10-19-41-39-17-7-9-22-47(39)56-50(41)42/h1-31H. The lowest BCUT2D eigenvalue weighted by atomic mass is 9.93. The molecule has 0 radical (unpaired) electrons. The van der Waals surface area contributed by atoms with Crippen molar-refractivity contribution in [3.63, 3.8) is 0 Å². The minimum Gasteiger partial charge on any atom is -0.455 e. The molecule has 262 valence electrons. The van der Waals surface area contributed by atoms with Gasteiger partial charge in [0.2, 0.25) is 0 Å². The molecule has 0 bridgehead atoms. The maximum Gasteiger partial charge on any atom is 0.160 e. The fourth-order valence-corrected chi connectivity index (χ4v) is 9.22. The molecule has 0 spiro atoms. The summed E-state index contributed by atoms with van der Waals surface area (Å²) in [6.07, 6.45) is 3.70. The van der Waals surface area contributed by atoms with Gasteiger partial charge in [0.1, 0.15) is 11.2 Å². The molecule has 4 heterocycles. The molecular formula is C51H31N3OS. The first kappa shape index (κ1) is 32.2. The van der Waals surface area contributed by atoms with Crippen LogP contribution in [0, 0.1) is 0 Å². The quantitative estimate of drug-likeness (QED) is 0.171. The molecule has 0 fully saturated rings. The largest absolute Gasteiger partial charge is 0.455 e. The summed E-state index contributed by atoms with van der Waals surface area (Å²) in [5.74, 6) is 0.680. The molecule has 11 rings (SSSR count). The van der Waals surface area contributed by atoms with Gasteiger partial charge in [-0.05, 0) is 47.0 Å². The van der Waals surface area contributed by atoms with E-state index in [9.17, 15) is 0 Å². The van der Waals surface area contributed by atoms with Crippen molar-refractivity contribution in [2.24, 2.45) is 0 Å². The van der Waals surface area contributed by atoms with Crippen molar-refractivity contribution in [2.75, 3.05) is 0 Å². The van der Waals surface area contributed by atoms with Crippen LogP contribution < -0.4 is 0 Å². The van der Waals surface area contributed by atoms with Crippen LogP contribution >= 0.6 is 11.3 Å². The number of hydrogen-bond acceptors (Lipinski definition) is 5. The molecule has 0 aliphatic heterocycles. The second-order valence-corrected chi connectivity index (χ2v) is 15.0. The highest BCUT2D eigenvalue weighted by molar-refractivity contribution is 7.26. The lowest BCUT2D eigenvalue weighted by Gasteiger charge is -2.13. The summed E-state index contributed by atoms with van der Waals surface area (Å²) in [6, 6.07) is 61.6. The van der Waals surface area contributed by atoms with Crippen LogP contribution in [0.4, 0.5) is 0 Å². The van der Waals surface area contributed by atoms with Gasteiger partial charge in [-0.2, -0.15) is 0 Å². The third kappa shape index (κ3) is 5.40.